The van der Waals surface area contributed by atoms with Crippen molar-refractivity contribution in [1.82, 2.24) is 5.32 Å². The van der Waals surface area contributed by atoms with E-state index >= 15 is 0 Å². The van der Waals surface area contributed by atoms with Crippen LogP contribution in [0.4, 0.5) is 0 Å². The first-order valence-corrected chi connectivity index (χ1v) is 5.53. The Bertz CT molecular complexity index is 340. The molecule has 0 amide bonds. The number of hydrogen-bond acceptors (Lipinski definition) is 4. The average molecular weight is 223 g/mol. The lowest BCUT2D eigenvalue weighted by Crippen LogP contribution is -2.33. The minimum absolute atomic E-state index is 0.153. The second kappa shape index (κ2) is 4.68. The number of nitrogens with one attached hydrogen (secondary N) is 1. The van der Waals surface area contributed by atoms with Gasteiger partial charge in [-0.3, -0.25) is 0 Å². The molecule has 0 bridgehead atoms. The summed E-state index contributed by atoms with van der Waals surface area (Å²) in [6, 6.07) is -0.153. The largest absolute Gasteiger partial charge is 0.424 e. The van der Waals surface area contributed by atoms with Crippen molar-refractivity contribution in [1.29, 1.82) is 0 Å². The van der Waals surface area contributed by atoms with Crippen molar-refractivity contribution in [3.63, 3.8) is 0 Å². The molecule has 3 nitrogen and oxygen atoms in total. The van der Waals surface area contributed by atoms with Gasteiger partial charge in [-0.25, -0.2) is 4.79 Å². The monoisotopic (exact) mass is 223 g/mol. The Kier molecular flexibility index (Phi) is 3.28. The Labute approximate surface area is 94.2 Å². The molecule has 0 unspecified atom stereocenters. The summed E-state index contributed by atoms with van der Waals surface area (Å²) in [6.07, 6.45) is 8.14. The highest BCUT2D eigenvalue weighted by atomic mass is 32.1. The first-order valence-electron chi connectivity index (χ1n) is 5.12. The highest BCUT2D eigenvalue weighted by Gasteiger charge is 2.25. The van der Waals surface area contributed by atoms with Crippen molar-refractivity contribution in [3.05, 3.63) is 24.0 Å². The molecule has 80 valence electrons. The van der Waals surface area contributed by atoms with Crippen molar-refractivity contribution in [2.75, 3.05) is 6.54 Å². The van der Waals surface area contributed by atoms with E-state index in [1.165, 1.54) is 0 Å². The fourth-order valence-corrected chi connectivity index (χ4v) is 1.89. The molecule has 1 aliphatic carbocycles. The fourth-order valence-electron chi connectivity index (χ4n) is 1.68. The third-order valence-electron chi connectivity index (χ3n) is 2.52. The number of ether oxygens (including phenoxy) is 1. The summed E-state index contributed by atoms with van der Waals surface area (Å²) in [5.41, 5.74) is 0. The summed E-state index contributed by atoms with van der Waals surface area (Å²) >= 11 is 5.10. The van der Waals surface area contributed by atoms with E-state index in [-0.39, 0.29) is 12.0 Å². The zero-order chi connectivity index (χ0) is 10.7. The predicted octanol–water partition coefficient (Wildman–Crippen LogP) is 1.50. The van der Waals surface area contributed by atoms with Crippen LogP contribution in [-0.4, -0.2) is 23.4 Å². The first-order chi connectivity index (χ1) is 7.27. The van der Waals surface area contributed by atoms with Gasteiger partial charge in [-0.2, -0.15) is 0 Å². The molecule has 0 radical (unpaired) electrons. The molecule has 4 heteroatoms. The molecular weight excluding hydrogens is 210 g/mol. The number of carbonyl (C=O) groups is 1. The van der Waals surface area contributed by atoms with E-state index in [4.69, 9.17) is 17.0 Å². The van der Waals surface area contributed by atoms with Gasteiger partial charge in [0.1, 0.15) is 11.8 Å². The molecule has 0 aromatic carbocycles. The number of thiocarbonyl (C=S) groups is 1. The molecule has 1 N–H and O–H groups in total. The minimum atomic E-state index is -0.212. The second-order valence-corrected chi connectivity index (χ2v) is 4.15. The quantitative estimate of drug-likeness (QED) is 0.568. The maximum atomic E-state index is 11.6. The fraction of sp³-hybridized carbons (Fsp3) is 0.455. The topological polar surface area (TPSA) is 38.3 Å². The molecule has 0 aromatic rings. The van der Waals surface area contributed by atoms with Crippen molar-refractivity contribution in [2.24, 2.45) is 0 Å². The number of rotatable bonds is 2. The molecule has 15 heavy (non-hydrogen) atoms. The molecule has 1 fully saturated rings. The lowest BCUT2D eigenvalue weighted by molar-refractivity contribution is -0.140. The molecule has 1 saturated heterocycles. The first kappa shape index (κ1) is 10.5. The van der Waals surface area contributed by atoms with Crippen molar-refractivity contribution < 1.29 is 9.53 Å². The van der Waals surface area contributed by atoms with Crippen LogP contribution in [-0.2, 0) is 9.53 Å². The van der Waals surface area contributed by atoms with Gasteiger partial charge in [0, 0.05) is 6.42 Å². The van der Waals surface area contributed by atoms with E-state index in [0.29, 0.717) is 17.0 Å². The van der Waals surface area contributed by atoms with E-state index < -0.39 is 0 Å². The number of hydrogen-bond donors (Lipinski definition) is 1. The zero-order valence-electron chi connectivity index (χ0n) is 8.36. The molecular formula is C11H13NO2S. The van der Waals surface area contributed by atoms with E-state index in [9.17, 15) is 4.79 Å². The van der Waals surface area contributed by atoms with E-state index in [0.717, 1.165) is 19.4 Å². The molecule has 1 heterocycles. The smallest absolute Gasteiger partial charge is 0.328 e. The maximum absolute atomic E-state index is 11.6. The van der Waals surface area contributed by atoms with Gasteiger partial charge in [0.25, 0.3) is 0 Å². The van der Waals surface area contributed by atoms with E-state index in [2.05, 4.69) is 5.32 Å². The summed E-state index contributed by atoms with van der Waals surface area (Å²) in [7, 11) is 0. The molecule has 0 saturated carbocycles. The Hall–Kier alpha value is -1.00. The van der Waals surface area contributed by atoms with Crippen LogP contribution in [0.1, 0.15) is 19.3 Å². The van der Waals surface area contributed by atoms with Crippen LogP contribution in [0.25, 0.3) is 0 Å². The van der Waals surface area contributed by atoms with Crippen molar-refractivity contribution in [2.45, 2.75) is 25.3 Å². The van der Waals surface area contributed by atoms with Crippen LogP contribution in [0, 0.1) is 0 Å². The number of esters is 1. The van der Waals surface area contributed by atoms with Gasteiger partial charge in [0.2, 0.25) is 0 Å². The van der Waals surface area contributed by atoms with Crippen LogP contribution in [0.3, 0.4) is 0 Å². The molecule has 1 atom stereocenters. The predicted molar refractivity (Wildman–Crippen MR) is 61.6 cm³/mol. The molecule has 1 aliphatic heterocycles. The number of allylic oxidation sites excluding steroid dienone is 4. The third kappa shape index (κ3) is 2.52. The Morgan fingerprint density at radius 1 is 1.60 bits per heavy atom. The lowest BCUT2D eigenvalue weighted by atomic mass is 10.1. The molecule has 0 aromatic heterocycles. The average Bonchev–Trinajstić information content (AvgIpc) is 2.74. The van der Waals surface area contributed by atoms with Crippen LogP contribution in [0.15, 0.2) is 24.0 Å². The van der Waals surface area contributed by atoms with Gasteiger partial charge in [0.15, 0.2) is 0 Å². The van der Waals surface area contributed by atoms with Gasteiger partial charge in [-0.1, -0.05) is 24.4 Å². The highest BCUT2D eigenvalue weighted by Crippen LogP contribution is 2.14. The van der Waals surface area contributed by atoms with Gasteiger partial charge in [0.05, 0.1) is 4.86 Å². The minimum Gasteiger partial charge on any atom is -0.424 e. The van der Waals surface area contributed by atoms with Crippen molar-refractivity contribution >= 4 is 23.1 Å². The summed E-state index contributed by atoms with van der Waals surface area (Å²) < 4.78 is 5.25. The van der Waals surface area contributed by atoms with Crippen LogP contribution < -0.4 is 5.32 Å². The SMILES string of the molecule is O=C(OC1=CC=CCC1=S)[C@@H]1CCCN1. The standard InChI is InChI=1S/C11H13NO2S/c13-11(8-4-3-7-12-8)14-9-5-1-2-6-10(9)15/h1-2,5,8,12H,3-4,6-7H2/t8-/m0/s1. The third-order valence-corrected chi connectivity index (χ3v) is 2.88. The Morgan fingerprint density at radius 2 is 2.47 bits per heavy atom. The van der Waals surface area contributed by atoms with E-state index in [1.54, 1.807) is 6.08 Å². The van der Waals surface area contributed by atoms with Gasteiger partial charge < -0.3 is 10.1 Å². The van der Waals surface area contributed by atoms with Gasteiger partial charge in [-0.05, 0) is 25.5 Å². The maximum Gasteiger partial charge on any atom is 0.328 e. The molecule has 2 aliphatic rings. The normalized spacial score (nSPS) is 25.2. The summed E-state index contributed by atoms with van der Waals surface area (Å²) in [5, 5.41) is 3.10. The van der Waals surface area contributed by atoms with Gasteiger partial charge >= 0.3 is 5.97 Å². The second-order valence-electron chi connectivity index (χ2n) is 3.66. The lowest BCUT2D eigenvalue weighted by Gasteiger charge is -2.14. The zero-order valence-corrected chi connectivity index (χ0v) is 9.18. The number of carbonyl (C=O) groups excluding carboxylic acids is 1. The Balaban J connectivity index is 1.95. The van der Waals surface area contributed by atoms with E-state index in [1.807, 2.05) is 12.2 Å². The van der Waals surface area contributed by atoms with Crippen LogP contribution in [0.2, 0.25) is 0 Å². The van der Waals surface area contributed by atoms with Crippen LogP contribution >= 0.6 is 12.2 Å². The Morgan fingerprint density at radius 3 is 3.13 bits per heavy atom. The van der Waals surface area contributed by atoms with Crippen molar-refractivity contribution in [3.8, 4) is 0 Å². The van der Waals surface area contributed by atoms with Gasteiger partial charge in [-0.15, -0.1) is 0 Å². The summed E-state index contributed by atoms with van der Waals surface area (Å²) in [5.74, 6) is 0.322. The molecule has 0 spiro atoms. The summed E-state index contributed by atoms with van der Waals surface area (Å²) in [4.78, 5) is 12.3. The van der Waals surface area contributed by atoms with Crippen LogP contribution in [0.5, 0.6) is 0 Å². The molecule has 2 rings (SSSR count). The summed E-state index contributed by atoms with van der Waals surface area (Å²) in [6.45, 7) is 0.892. The highest BCUT2D eigenvalue weighted by molar-refractivity contribution is 7.80.